The third kappa shape index (κ3) is 3.85. The molecule has 5 heteroatoms. The lowest BCUT2D eigenvalue weighted by Gasteiger charge is -2.17. The highest BCUT2D eigenvalue weighted by Gasteiger charge is 2.22. The number of aromatic nitrogens is 1. The van der Waals surface area contributed by atoms with Crippen molar-refractivity contribution in [2.45, 2.75) is 26.3 Å². The third-order valence-electron chi connectivity index (χ3n) is 3.73. The maximum absolute atomic E-state index is 12.5. The average Bonchev–Trinajstić information content (AvgIpc) is 2.98. The van der Waals surface area contributed by atoms with Crippen LogP contribution in [0, 0.1) is 5.92 Å². The van der Waals surface area contributed by atoms with Gasteiger partial charge in [-0.1, -0.05) is 41.9 Å². The fourth-order valence-electron chi connectivity index (χ4n) is 2.57. The number of nitrogens with one attached hydrogen (secondary N) is 1. The Hall–Kier alpha value is -2.14. The van der Waals surface area contributed by atoms with Gasteiger partial charge in [0.25, 0.3) is 5.91 Å². The molecule has 0 aliphatic carbocycles. The van der Waals surface area contributed by atoms with Gasteiger partial charge >= 0.3 is 0 Å². The minimum absolute atomic E-state index is 0.129. The summed E-state index contributed by atoms with van der Waals surface area (Å²) in [5, 5.41) is 3.05. The molecule has 1 heterocycles. The molecule has 0 radical (unpaired) electrons. The summed E-state index contributed by atoms with van der Waals surface area (Å²) < 4.78 is 6.80. The second-order valence-corrected chi connectivity index (χ2v) is 7.10. The van der Waals surface area contributed by atoms with Crippen LogP contribution in [0.4, 0.5) is 0 Å². The highest BCUT2D eigenvalue weighted by molar-refractivity contribution is 9.10. The fraction of sp³-hybridized carbons (Fsp3) is 0.263. The summed E-state index contributed by atoms with van der Waals surface area (Å²) in [5.74, 6) is 0.820. The smallest absolute Gasteiger partial charge is 0.251 e. The van der Waals surface area contributed by atoms with Crippen LogP contribution in [-0.2, 0) is 0 Å². The number of nitrogens with zero attached hydrogens (tertiary/aromatic N) is 1. The van der Waals surface area contributed by atoms with E-state index >= 15 is 0 Å². The summed E-state index contributed by atoms with van der Waals surface area (Å²) in [4.78, 5) is 17.1. The van der Waals surface area contributed by atoms with Gasteiger partial charge in [0.2, 0.25) is 5.89 Å². The third-order valence-corrected chi connectivity index (χ3v) is 4.26. The van der Waals surface area contributed by atoms with Crippen molar-refractivity contribution in [3.05, 3.63) is 64.5 Å². The van der Waals surface area contributed by atoms with E-state index in [1.165, 1.54) is 0 Å². The van der Waals surface area contributed by atoms with Crippen LogP contribution in [0.25, 0.3) is 11.1 Å². The van der Waals surface area contributed by atoms with Crippen molar-refractivity contribution in [3.8, 4) is 0 Å². The van der Waals surface area contributed by atoms with Crippen LogP contribution in [0.3, 0.4) is 0 Å². The molecule has 1 atom stereocenters. The zero-order valence-corrected chi connectivity index (χ0v) is 15.2. The molecule has 0 bridgehead atoms. The molecule has 24 heavy (non-hydrogen) atoms. The molecular weight excluding hydrogens is 368 g/mol. The molecule has 0 aliphatic rings. The van der Waals surface area contributed by atoms with Crippen LogP contribution in [0.15, 0.2) is 57.4 Å². The molecule has 0 spiro atoms. The van der Waals surface area contributed by atoms with Gasteiger partial charge in [0, 0.05) is 10.0 Å². The van der Waals surface area contributed by atoms with E-state index in [2.05, 4.69) is 40.1 Å². The van der Waals surface area contributed by atoms with Crippen LogP contribution < -0.4 is 5.32 Å². The molecule has 3 rings (SSSR count). The number of halogens is 1. The summed E-state index contributed by atoms with van der Waals surface area (Å²) in [5.41, 5.74) is 2.15. The highest BCUT2D eigenvalue weighted by Crippen LogP contribution is 2.25. The van der Waals surface area contributed by atoms with Gasteiger partial charge in [0.05, 0.1) is 0 Å². The lowest BCUT2D eigenvalue weighted by atomic mass is 10.0. The Kier molecular flexibility index (Phi) is 5.00. The summed E-state index contributed by atoms with van der Waals surface area (Å²) >= 11 is 3.38. The van der Waals surface area contributed by atoms with Crippen molar-refractivity contribution >= 4 is 32.9 Å². The first kappa shape index (κ1) is 16.7. The standard InChI is InChI=1S/C19H19BrN2O2/c1-12(2)11-16(19-22-15-5-3-4-6-17(15)24-19)21-18(23)13-7-9-14(20)10-8-13/h3-10,12,16H,11H2,1-2H3,(H,21,23)/t16-/m0/s1. The molecule has 1 N–H and O–H groups in total. The van der Waals surface area contributed by atoms with Gasteiger partial charge in [-0.2, -0.15) is 0 Å². The van der Waals surface area contributed by atoms with Crippen molar-refractivity contribution < 1.29 is 9.21 Å². The van der Waals surface area contributed by atoms with Crippen LogP contribution in [0.2, 0.25) is 0 Å². The number of carbonyl (C=O) groups excluding carboxylic acids is 1. The first-order valence-electron chi connectivity index (χ1n) is 7.95. The molecule has 0 unspecified atom stereocenters. The highest BCUT2D eigenvalue weighted by atomic mass is 79.9. The van der Waals surface area contributed by atoms with E-state index in [4.69, 9.17) is 4.42 Å². The first-order valence-corrected chi connectivity index (χ1v) is 8.74. The topological polar surface area (TPSA) is 55.1 Å². The Labute approximate surface area is 149 Å². The molecule has 124 valence electrons. The minimum atomic E-state index is -0.256. The number of hydrogen-bond acceptors (Lipinski definition) is 3. The average molecular weight is 387 g/mol. The van der Waals surface area contributed by atoms with Crippen molar-refractivity contribution in [3.63, 3.8) is 0 Å². The van der Waals surface area contributed by atoms with E-state index in [1.807, 2.05) is 36.4 Å². The summed E-state index contributed by atoms with van der Waals surface area (Å²) in [7, 11) is 0. The van der Waals surface area contributed by atoms with Crippen molar-refractivity contribution in [2.24, 2.45) is 5.92 Å². The van der Waals surface area contributed by atoms with Crippen LogP contribution in [0.5, 0.6) is 0 Å². The molecule has 0 saturated heterocycles. The Morgan fingerprint density at radius 2 is 1.88 bits per heavy atom. The van der Waals surface area contributed by atoms with Gasteiger partial charge in [0.15, 0.2) is 5.58 Å². The van der Waals surface area contributed by atoms with Gasteiger partial charge in [-0.15, -0.1) is 0 Å². The summed E-state index contributed by atoms with van der Waals surface area (Å²) in [6, 6.07) is 14.7. The molecule has 1 amide bonds. The molecule has 3 aromatic rings. The van der Waals surface area contributed by atoms with E-state index in [0.29, 0.717) is 17.4 Å². The van der Waals surface area contributed by atoms with Crippen molar-refractivity contribution in [1.29, 1.82) is 0 Å². The maximum Gasteiger partial charge on any atom is 0.251 e. The zero-order valence-electron chi connectivity index (χ0n) is 13.6. The normalized spacial score (nSPS) is 12.5. The molecule has 2 aromatic carbocycles. The Morgan fingerprint density at radius 3 is 2.54 bits per heavy atom. The predicted octanol–water partition coefficient (Wildman–Crippen LogP) is 5.11. The van der Waals surface area contributed by atoms with Gasteiger partial charge in [-0.05, 0) is 48.7 Å². The summed E-state index contributed by atoms with van der Waals surface area (Å²) in [6.45, 7) is 4.23. The molecule has 1 aromatic heterocycles. The largest absolute Gasteiger partial charge is 0.438 e. The van der Waals surface area contributed by atoms with E-state index in [1.54, 1.807) is 12.1 Å². The van der Waals surface area contributed by atoms with Crippen LogP contribution in [0.1, 0.15) is 42.6 Å². The first-order chi connectivity index (χ1) is 11.5. The number of fused-ring (bicyclic) bond motifs is 1. The second kappa shape index (κ2) is 7.18. The molecule has 4 nitrogen and oxygen atoms in total. The van der Waals surface area contributed by atoms with Crippen LogP contribution in [-0.4, -0.2) is 10.9 Å². The van der Waals surface area contributed by atoms with E-state index < -0.39 is 0 Å². The number of para-hydroxylation sites is 2. The van der Waals surface area contributed by atoms with Gasteiger partial charge in [-0.3, -0.25) is 4.79 Å². The Bertz CT molecular complexity index is 807. The zero-order chi connectivity index (χ0) is 17.1. The number of carbonyl (C=O) groups is 1. The van der Waals surface area contributed by atoms with Gasteiger partial charge in [0.1, 0.15) is 11.6 Å². The van der Waals surface area contributed by atoms with E-state index in [-0.39, 0.29) is 11.9 Å². The maximum atomic E-state index is 12.5. The van der Waals surface area contributed by atoms with Crippen molar-refractivity contribution in [2.75, 3.05) is 0 Å². The van der Waals surface area contributed by atoms with E-state index in [9.17, 15) is 4.79 Å². The van der Waals surface area contributed by atoms with Crippen LogP contribution >= 0.6 is 15.9 Å². The number of hydrogen-bond donors (Lipinski definition) is 1. The predicted molar refractivity (Wildman–Crippen MR) is 97.8 cm³/mol. The Balaban J connectivity index is 1.85. The molecule has 0 fully saturated rings. The Morgan fingerprint density at radius 1 is 1.17 bits per heavy atom. The number of rotatable bonds is 5. The fourth-order valence-corrected chi connectivity index (χ4v) is 2.84. The number of oxazole rings is 1. The quantitative estimate of drug-likeness (QED) is 0.662. The lowest BCUT2D eigenvalue weighted by molar-refractivity contribution is 0.0925. The van der Waals surface area contributed by atoms with Crippen molar-refractivity contribution in [1.82, 2.24) is 10.3 Å². The molecule has 0 aliphatic heterocycles. The lowest BCUT2D eigenvalue weighted by Crippen LogP contribution is -2.29. The van der Waals surface area contributed by atoms with E-state index in [0.717, 1.165) is 22.0 Å². The number of benzene rings is 2. The SMILES string of the molecule is CC(C)C[C@H](NC(=O)c1ccc(Br)cc1)c1nc2ccccc2o1. The minimum Gasteiger partial charge on any atom is -0.438 e. The molecular formula is C19H19BrN2O2. The number of amides is 1. The van der Waals surface area contributed by atoms with Gasteiger partial charge in [-0.25, -0.2) is 4.98 Å². The summed E-state index contributed by atoms with van der Waals surface area (Å²) in [6.07, 6.45) is 0.759. The second-order valence-electron chi connectivity index (χ2n) is 6.18. The molecule has 0 saturated carbocycles. The van der Waals surface area contributed by atoms with Gasteiger partial charge < -0.3 is 9.73 Å². The monoisotopic (exact) mass is 386 g/mol.